The lowest BCUT2D eigenvalue weighted by atomic mass is 10.2. The second-order valence-corrected chi connectivity index (χ2v) is 3.32. The molecule has 0 aromatic heterocycles. The number of carbonyl (C=O) groups excluding carboxylic acids is 1. The summed E-state index contributed by atoms with van der Waals surface area (Å²) in [5.74, 6) is -0.295. The topological polar surface area (TPSA) is 44.8 Å². The summed E-state index contributed by atoms with van der Waals surface area (Å²) in [5.41, 5.74) is 0. The number of hydrogen-bond acceptors (Lipinski definition) is 4. The Morgan fingerprint density at radius 1 is 1.40 bits per heavy atom. The van der Waals surface area contributed by atoms with E-state index in [1.165, 1.54) is 0 Å². The summed E-state index contributed by atoms with van der Waals surface area (Å²) in [5, 5.41) is 0. The molecule has 4 nitrogen and oxygen atoms in total. The molecule has 0 bridgehead atoms. The molecule has 1 saturated heterocycles. The van der Waals surface area contributed by atoms with E-state index in [4.69, 9.17) is 14.2 Å². The summed E-state index contributed by atoms with van der Waals surface area (Å²) >= 11 is 0. The molecule has 0 radical (unpaired) electrons. The van der Waals surface area contributed by atoms with E-state index in [0.717, 1.165) is 0 Å². The molecule has 1 aromatic carbocycles. The van der Waals surface area contributed by atoms with Gasteiger partial charge in [-0.2, -0.15) is 0 Å². The van der Waals surface area contributed by atoms with Gasteiger partial charge in [0.1, 0.15) is 5.75 Å². The van der Waals surface area contributed by atoms with Crippen molar-refractivity contribution in [3.05, 3.63) is 30.3 Å². The monoisotopic (exact) mass is 208 g/mol. The fourth-order valence-corrected chi connectivity index (χ4v) is 1.38. The van der Waals surface area contributed by atoms with E-state index in [2.05, 4.69) is 0 Å². The molecular weight excluding hydrogens is 196 g/mol. The van der Waals surface area contributed by atoms with Gasteiger partial charge in [0, 0.05) is 6.42 Å². The van der Waals surface area contributed by atoms with Gasteiger partial charge < -0.3 is 14.2 Å². The number of rotatable bonds is 3. The fraction of sp³-hybridized carbons (Fsp3) is 0.364. The lowest BCUT2D eigenvalue weighted by Crippen LogP contribution is -2.37. The SMILES string of the molecule is CCC1(Oc2ccccc2)COC(=O)O1. The van der Waals surface area contributed by atoms with Gasteiger partial charge in [-0.05, 0) is 12.1 Å². The second-order valence-electron chi connectivity index (χ2n) is 3.32. The summed E-state index contributed by atoms with van der Waals surface area (Å²) in [6.45, 7) is 2.02. The van der Waals surface area contributed by atoms with Crippen molar-refractivity contribution in [2.75, 3.05) is 6.61 Å². The molecule has 1 aromatic rings. The van der Waals surface area contributed by atoms with E-state index in [-0.39, 0.29) is 6.61 Å². The van der Waals surface area contributed by atoms with Crippen molar-refractivity contribution in [1.29, 1.82) is 0 Å². The smallest absolute Gasteiger partial charge is 0.449 e. The molecule has 0 N–H and O–H groups in total. The third-order valence-corrected chi connectivity index (χ3v) is 2.27. The molecule has 1 fully saturated rings. The quantitative estimate of drug-likeness (QED) is 0.715. The van der Waals surface area contributed by atoms with Crippen LogP contribution in [0.1, 0.15) is 13.3 Å². The maximum Gasteiger partial charge on any atom is 0.512 e. The summed E-state index contributed by atoms with van der Waals surface area (Å²) in [4.78, 5) is 10.9. The Labute approximate surface area is 87.8 Å². The van der Waals surface area contributed by atoms with E-state index in [0.29, 0.717) is 12.2 Å². The molecule has 0 amide bonds. The number of carbonyl (C=O) groups is 1. The minimum atomic E-state index is -0.960. The van der Waals surface area contributed by atoms with Crippen LogP contribution in [-0.2, 0) is 9.47 Å². The molecule has 0 saturated carbocycles. The molecule has 15 heavy (non-hydrogen) atoms. The predicted molar refractivity (Wildman–Crippen MR) is 52.5 cm³/mol. The van der Waals surface area contributed by atoms with E-state index >= 15 is 0 Å². The first kappa shape index (κ1) is 9.83. The average Bonchev–Trinajstić information content (AvgIpc) is 2.62. The van der Waals surface area contributed by atoms with Crippen LogP contribution in [0.15, 0.2) is 30.3 Å². The van der Waals surface area contributed by atoms with Gasteiger partial charge in [-0.25, -0.2) is 4.79 Å². The summed E-state index contributed by atoms with van der Waals surface area (Å²) in [6.07, 6.45) is -0.124. The molecule has 0 spiro atoms. The Hall–Kier alpha value is -1.71. The van der Waals surface area contributed by atoms with Crippen LogP contribution in [0.25, 0.3) is 0 Å². The van der Waals surface area contributed by atoms with Crippen LogP contribution in [0.2, 0.25) is 0 Å². The Morgan fingerprint density at radius 3 is 2.67 bits per heavy atom. The zero-order chi connectivity index (χ0) is 10.7. The van der Waals surface area contributed by atoms with Crippen LogP contribution in [-0.4, -0.2) is 18.5 Å². The van der Waals surface area contributed by atoms with E-state index in [1.807, 2.05) is 37.3 Å². The van der Waals surface area contributed by atoms with Gasteiger partial charge in [0.25, 0.3) is 5.79 Å². The third kappa shape index (κ3) is 2.03. The standard InChI is InChI=1S/C11H12O4/c1-2-11(8-13-10(12)15-11)14-9-6-4-3-5-7-9/h3-7H,2,8H2,1H3. The van der Waals surface area contributed by atoms with Gasteiger partial charge in [-0.15, -0.1) is 0 Å². The largest absolute Gasteiger partial charge is 0.512 e. The minimum absolute atomic E-state index is 0.136. The molecule has 80 valence electrons. The van der Waals surface area contributed by atoms with Gasteiger partial charge in [-0.3, -0.25) is 0 Å². The van der Waals surface area contributed by atoms with Crippen molar-refractivity contribution < 1.29 is 19.0 Å². The van der Waals surface area contributed by atoms with Crippen LogP contribution < -0.4 is 4.74 Å². The minimum Gasteiger partial charge on any atom is -0.449 e. The molecule has 1 aliphatic heterocycles. The normalized spacial score (nSPS) is 24.5. The Balaban J connectivity index is 2.12. The highest BCUT2D eigenvalue weighted by atomic mass is 16.8. The molecule has 1 atom stereocenters. The highest BCUT2D eigenvalue weighted by Crippen LogP contribution is 2.27. The molecule has 0 aliphatic carbocycles. The van der Waals surface area contributed by atoms with Crippen LogP contribution in [0.4, 0.5) is 4.79 Å². The highest BCUT2D eigenvalue weighted by molar-refractivity contribution is 5.62. The average molecular weight is 208 g/mol. The molecule has 2 rings (SSSR count). The zero-order valence-electron chi connectivity index (χ0n) is 8.43. The number of cyclic esters (lactones) is 2. The summed E-state index contributed by atoms with van der Waals surface area (Å²) in [6, 6.07) is 9.22. The van der Waals surface area contributed by atoms with E-state index < -0.39 is 11.9 Å². The van der Waals surface area contributed by atoms with E-state index in [1.54, 1.807) is 0 Å². The molecular formula is C11H12O4. The molecule has 1 aliphatic rings. The first-order valence-corrected chi connectivity index (χ1v) is 4.84. The van der Waals surface area contributed by atoms with E-state index in [9.17, 15) is 4.79 Å². The predicted octanol–water partition coefficient (Wildman–Crippen LogP) is 2.34. The van der Waals surface area contributed by atoms with Crippen molar-refractivity contribution in [2.45, 2.75) is 19.1 Å². The Morgan fingerprint density at radius 2 is 2.13 bits per heavy atom. The number of benzene rings is 1. The van der Waals surface area contributed by atoms with Crippen molar-refractivity contribution in [2.24, 2.45) is 0 Å². The third-order valence-electron chi connectivity index (χ3n) is 2.27. The van der Waals surface area contributed by atoms with Crippen molar-refractivity contribution in [1.82, 2.24) is 0 Å². The number of para-hydroxylation sites is 1. The molecule has 1 unspecified atom stereocenters. The van der Waals surface area contributed by atoms with Crippen molar-refractivity contribution in [3.63, 3.8) is 0 Å². The van der Waals surface area contributed by atoms with Gasteiger partial charge in [0.05, 0.1) is 0 Å². The van der Waals surface area contributed by atoms with Crippen LogP contribution in [0.5, 0.6) is 5.75 Å². The van der Waals surface area contributed by atoms with Crippen LogP contribution >= 0.6 is 0 Å². The molecule has 1 heterocycles. The van der Waals surface area contributed by atoms with Gasteiger partial charge >= 0.3 is 6.16 Å². The maximum absolute atomic E-state index is 10.9. The first-order valence-electron chi connectivity index (χ1n) is 4.84. The lowest BCUT2D eigenvalue weighted by Gasteiger charge is -2.24. The maximum atomic E-state index is 10.9. The zero-order valence-corrected chi connectivity index (χ0v) is 8.43. The van der Waals surface area contributed by atoms with Crippen LogP contribution in [0.3, 0.4) is 0 Å². The van der Waals surface area contributed by atoms with Crippen LogP contribution in [0, 0.1) is 0 Å². The van der Waals surface area contributed by atoms with Gasteiger partial charge in [0.15, 0.2) is 6.61 Å². The number of ether oxygens (including phenoxy) is 3. The fourth-order valence-electron chi connectivity index (χ4n) is 1.38. The van der Waals surface area contributed by atoms with Crippen molar-refractivity contribution in [3.8, 4) is 5.75 Å². The first-order chi connectivity index (χ1) is 7.24. The number of hydrogen-bond donors (Lipinski definition) is 0. The molecule has 4 heteroatoms. The lowest BCUT2D eigenvalue weighted by molar-refractivity contribution is -0.112. The van der Waals surface area contributed by atoms with Crippen molar-refractivity contribution >= 4 is 6.16 Å². The van der Waals surface area contributed by atoms with Gasteiger partial charge in [-0.1, -0.05) is 25.1 Å². The summed E-state index contributed by atoms with van der Waals surface area (Å²) in [7, 11) is 0. The highest BCUT2D eigenvalue weighted by Gasteiger charge is 2.43. The van der Waals surface area contributed by atoms with Gasteiger partial charge in [0.2, 0.25) is 0 Å². The Bertz CT molecular complexity index is 349. The second kappa shape index (κ2) is 3.81. The summed E-state index contributed by atoms with van der Waals surface area (Å²) < 4.78 is 15.4. The Kier molecular flexibility index (Phi) is 2.49.